The zero-order valence-electron chi connectivity index (χ0n) is 13.8. The lowest BCUT2D eigenvalue weighted by atomic mass is 10.2. The molecule has 0 atom stereocenters. The van der Waals surface area contributed by atoms with Crippen molar-refractivity contribution in [1.82, 2.24) is 0 Å². The first kappa shape index (κ1) is 17.7. The number of rotatable bonds is 6. The van der Waals surface area contributed by atoms with Crippen molar-refractivity contribution in [2.24, 2.45) is 0 Å². The van der Waals surface area contributed by atoms with Gasteiger partial charge in [0.25, 0.3) is 5.91 Å². The topological polar surface area (TPSA) is 38.8 Å². The normalized spacial score (nSPS) is 10.4. The minimum absolute atomic E-state index is 0.244. The number of halogens is 2. The number of methoxy groups -OCH3 is 1. The van der Waals surface area contributed by atoms with E-state index in [-0.39, 0.29) is 18.2 Å². The van der Waals surface area contributed by atoms with Crippen molar-refractivity contribution in [3.63, 3.8) is 0 Å². The third-order valence-corrected chi connectivity index (χ3v) is 3.50. The number of hydrogen-bond acceptors (Lipinski definition) is 3. The smallest absolute Gasteiger partial charge is 0.264 e. The molecule has 0 unspecified atom stereocenters. The summed E-state index contributed by atoms with van der Waals surface area (Å²) in [7, 11) is 1.52. The van der Waals surface area contributed by atoms with Crippen molar-refractivity contribution in [3.05, 3.63) is 53.6 Å². The fraction of sp³-hybridized carbons (Fsp3) is 0.278. The maximum atomic E-state index is 13.4. The van der Waals surface area contributed by atoms with Crippen LogP contribution in [0.4, 0.5) is 14.5 Å². The van der Waals surface area contributed by atoms with Crippen LogP contribution in [-0.4, -0.2) is 26.2 Å². The molecule has 24 heavy (non-hydrogen) atoms. The van der Waals surface area contributed by atoms with E-state index in [9.17, 15) is 13.6 Å². The Bertz CT molecular complexity index is 734. The number of nitrogens with zero attached hydrogens (tertiary/aromatic N) is 1. The van der Waals surface area contributed by atoms with E-state index >= 15 is 0 Å². The van der Waals surface area contributed by atoms with E-state index in [1.807, 2.05) is 13.0 Å². The monoisotopic (exact) mass is 335 g/mol. The maximum Gasteiger partial charge on any atom is 0.264 e. The highest BCUT2D eigenvalue weighted by molar-refractivity contribution is 5.94. The van der Waals surface area contributed by atoms with E-state index in [0.717, 1.165) is 17.7 Å². The molecule has 0 aromatic heterocycles. The highest BCUT2D eigenvalue weighted by Gasteiger charge is 2.17. The number of aryl methyl sites for hydroxylation is 1. The lowest BCUT2D eigenvalue weighted by Gasteiger charge is -2.21. The average Bonchev–Trinajstić information content (AvgIpc) is 2.57. The largest absolute Gasteiger partial charge is 0.493 e. The molecule has 0 bridgehead atoms. The summed E-state index contributed by atoms with van der Waals surface area (Å²) in [5.41, 5.74) is 1.28. The molecule has 0 spiro atoms. The third kappa shape index (κ3) is 4.01. The Morgan fingerprint density at radius 2 is 1.83 bits per heavy atom. The second-order valence-electron chi connectivity index (χ2n) is 5.18. The van der Waals surface area contributed by atoms with E-state index < -0.39 is 11.6 Å². The Balaban J connectivity index is 2.11. The van der Waals surface area contributed by atoms with Crippen LogP contribution in [0, 0.1) is 18.6 Å². The molecule has 2 rings (SSSR count). The maximum absolute atomic E-state index is 13.4. The van der Waals surface area contributed by atoms with Crippen molar-refractivity contribution in [3.8, 4) is 11.5 Å². The Morgan fingerprint density at radius 3 is 2.46 bits per heavy atom. The molecule has 0 aliphatic carbocycles. The number of amides is 1. The van der Waals surface area contributed by atoms with Gasteiger partial charge in [-0.3, -0.25) is 4.79 Å². The van der Waals surface area contributed by atoms with Gasteiger partial charge in [0.1, 0.15) is 0 Å². The summed E-state index contributed by atoms with van der Waals surface area (Å²) in [5.74, 6) is -1.36. The lowest BCUT2D eigenvalue weighted by molar-refractivity contribution is -0.120. The van der Waals surface area contributed by atoms with Gasteiger partial charge in [-0.25, -0.2) is 8.78 Å². The summed E-state index contributed by atoms with van der Waals surface area (Å²) in [5, 5.41) is 0. The summed E-state index contributed by atoms with van der Waals surface area (Å²) in [6.07, 6.45) is 0. The molecule has 0 radical (unpaired) electrons. The molecule has 128 valence electrons. The van der Waals surface area contributed by atoms with Crippen LogP contribution in [0.25, 0.3) is 0 Å². The number of anilines is 1. The number of benzene rings is 2. The zero-order chi connectivity index (χ0) is 17.7. The van der Waals surface area contributed by atoms with Crippen LogP contribution in [0.2, 0.25) is 0 Å². The van der Waals surface area contributed by atoms with Crippen LogP contribution in [0.3, 0.4) is 0 Å². The Kier molecular flexibility index (Phi) is 5.73. The van der Waals surface area contributed by atoms with Gasteiger partial charge in [-0.15, -0.1) is 0 Å². The lowest BCUT2D eigenvalue weighted by Crippen LogP contribution is -2.34. The van der Waals surface area contributed by atoms with Crippen LogP contribution in [0.5, 0.6) is 11.5 Å². The van der Waals surface area contributed by atoms with Gasteiger partial charge in [-0.05, 0) is 43.7 Å². The second-order valence-corrected chi connectivity index (χ2v) is 5.18. The highest BCUT2D eigenvalue weighted by atomic mass is 19.2. The fourth-order valence-electron chi connectivity index (χ4n) is 2.27. The quantitative estimate of drug-likeness (QED) is 0.808. The van der Waals surface area contributed by atoms with E-state index in [4.69, 9.17) is 9.47 Å². The van der Waals surface area contributed by atoms with Crippen molar-refractivity contribution in [1.29, 1.82) is 0 Å². The van der Waals surface area contributed by atoms with Gasteiger partial charge in [0, 0.05) is 18.3 Å². The molecule has 0 N–H and O–H groups in total. The zero-order valence-corrected chi connectivity index (χ0v) is 13.8. The van der Waals surface area contributed by atoms with Crippen LogP contribution in [0.1, 0.15) is 12.5 Å². The number of hydrogen-bond donors (Lipinski definition) is 0. The fourth-order valence-corrected chi connectivity index (χ4v) is 2.27. The molecule has 1 amide bonds. The van der Waals surface area contributed by atoms with Crippen molar-refractivity contribution < 1.29 is 23.0 Å². The average molecular weight is 335 g/mol. The molecule has 0 saturated heterocycles. The predicted molar refractivity (Wildman–Crippen MR) is 87.6 cm³/mol. The summed E-state index contributed by atoms with van der Waals surface area (Å²) in [4.78, 5) is 13.7. The molecule has 4 nitrogen and oxygen atoms in total. The van der Waals surface area contributed by atoms with Crippen LogP contribution in [0.15, 0.2) is 36.4 Å². The minimum atomic E-state index is -1.00. The molecular weight excluding hydrogens is 316 g/mol. The van der Waals surface area contributed by atoms with E-state index in [2.05, 4.69) is 0 Å². The van der Waals surface area contributed by atoms with Crippen molar-refractivity contribution in [2.75, 3.05) is 25.2 Å². The summed E-state index contributed by atoms with van der Waals surface area (Å²) >= 11 is 0. The van der Waals surface area contributed by atoms with Crippen LogP contribution in [-0.2, 0) is 4.79 Å². The summed E-state index contributed by atoms with van der Waals surface area (Å²) in [6, 6.07) is 8.69. The van der Waals surface area contributed by atoms with Gasteiger partial charge in [0.05, 0.1) is 7.11 Å². The second kappa shape index (κ2) is 7.77. The SMILES string of the molecule is CCN(C(=O)COc1ccc(C)cc1OC)c1ccc(F)c(F)c1. The first-order chi connectivity index (χ1) is 11.5. The van der Waals surface area contributed by atoms with Crippen LogP contribution < -0.4 is 14.4 Å². The van der Waals surface area contributed by atoms with Gasteiger partial charge < -0.3 is 14.4 Å². The summed E-state index contributed by atoms with van der Waals surface area (Å²) in [6.45, 7) is 3.72. The number of likely N-dealkylation sites (N-methyl/N-ethyl adjacent to an activating group) is 1. The van der Waals surface area contributed by atoms with Crippen LogP contribution >= 0.6 is 0 Å². The summed E-state index contributed by atoms with van der Waals surface area (Å²) < 4.78 is 37.1. The number of carbonyl (C=O) groups is 1. The first-order valence-electron chi connectivity index (χ1n) is 7.49. The Labute approximate surface area is 139 Å². The molecular formula is C18H19F2NO3. The van der Waals surface area contributed by atoms with E-state index in [1.165, 1.54) is 18.1 Å². The molecule has 0 saturated carbocycles. The third-order valence-electron chi connectivity index (χ3n) is 3.50. The molecule has 2 aromatic carbocycles. The standard InChI is InChI=1S/C18H19F2NO3/c1-4-21(13-6-7-14(19)15(20)10-13)18(22)11-24-16-8-5-12(2)9-17(16)23-3/h5-10H,4,11H2,1-3H3. The van der Waals surface area contributed by atoms with Gasteiger partial charge in [-0.1, -0.05) is 6.07 Å². The van der Waals surface area contributed by atoms with Gasteiger partial charge in [0.15, 0.2) is 29.7 Å². The van der Waals surface area contributed by atoms with E-state index in [0.29, 0.717) is 18.0 Å². The molecule has 0 aliphatic rings. The van der Waals surface area contributed by atoms with Gasteiger partial charge in [-0.2, -0.15) is 0 Å². The highest BCUT2D eigenvalue weighted by Crippen LogP contribution is 2.28. The molecule has 0 heterocycles. The Morgan fingerprint density at radius 1 is 1.08 bits per heavy atom. The predicted octanol–water partition coefficient (Wildman–Crippen LogP) is 3.71. The van der Waals surface area contributed by atoms with E-state index in [1.54, 1.807) is 19.1 Å². The molecule has 0 fully saturated rings. The first-order valence-corrected chi connectivity index (χ1v) is 7.49. The number of ether oxygens (including phenoxy) is 2. The molecule has 6 heteroatoms. The van der Waals surface area contributed by atoms with Gasteiger partial charge >= 0.3 is 0 Å². The molecule has 2 aromatic rings. The van der Waals surface area contributed by atoms with Crippen molar-refractivity contribution >= 4 is 11.6 Å². The number of carbonyl (C=O) groups excluding carboxylic acids is 1. The Hall–Kier alpha value is -2.63. The molecule has 0 aliphatic heterocycles. The van der Waals surface area contributed by atoms with Crippen molar-refractivity contribution in [2.45, 2.75) is 13.8 Å². The minimum Gasteiger partial charge on any atom is -0.493 e. The van der Waals surface area contributed by atoms with Gasteiger partial charge in [0.2, 0.25) is 0 Å².